The summed E-state index contributed by atoms with van der Waals surface area (Å²) >= 11 is 0. The van der Waals surface area contributed by atoms with E-state index in [2.05, 4.69) is 10.2 Å². The summed E-state index contributed by atoms with van der Waals surface area (Å²) in [6, 6.07) is 0. The Morgan fingerprint density at radius 1 is 1.14 bits per heavy atom. The number of rotatable bonds is 3. The Hall–Kier alpha value is -1.88. The Labute approximate surface area is 167 Å². The molecule has 0 aromatic heterocycles. The molecule has 3 fully saturated rings. The van der Waals surface area contributed by atoms with Crippen LogP contribution in [0.5, 0.6) is 0 Å². The third-order valence-corrected chi connectivity index (χ3v) is 5.81. The number of nitrogens with zero attached hydrogens (tertiary/aromatic N) is 2. The van der Waals surface area contributed by atoms with Crippen molar-refractivity contribution >= 4 is 17.8 Å². The molecule has 0 aliphatic carbocycles. The molecule has 0 aromatic rings. The first-order valence-electron chi connectivity index (χ1n) is 9.75. The fraction of sp³-hybridized carbons (Fsp3) is 0.833. The molecule has 0 radical (unpaired) electrons. The molecule has 3 rings (SSSR count). The zero-order valence-electron chi connectivity index (χ0n) is 16.5. The van der Waals surface area contributed by atoms with E-state index >= 15 is 0 Å². The second kappa shape index (κ2) is 9.75. The van der Waals surface area contributed by atoms with E-state index in [1.165, 1.54) is 0 Å². The Kier molecular flexibility index (Phi) is 7.87. The number of carbonyl (C=O) groups is 3. The summed E-state index contributed by atoms with van der Waals surface area (Å²) in [6.45, 7) is 3.78. The number of halogens is 3. The normalized spacial score (nSPS) is 24.1. The van der Waals surface area contributed by atoms with E-state index in [9.17, 15) is 22.8 Å². The van der Waals surface area contributed by atoms with E-state index in [1.54, 1.807) is 7.05 Å². The van der Waals surface area contributed by atoms with Gasteiger partial charge in [0.15, 0.2) is 0 Å². The number of carboxylic acid groups (broad SMARTS) is 1. The molecule has 1 spiro atoms. The molecule has 11 heteroatoms. The molecule has 8 nitrogen and oxygen atoms in total. The highest BCUT2D eigenvalue weighted by atomic mass is 19.4. The summed E-state index contributed by atoms with van der Waals surface area (Å²) < 4.78 is 37.3. The summed E-state index contributed by atoms with van der Waals surface area (Å²) in [7, 11) is 1.69. The van der Waals surface area contributed by atoms with Crippen LogP contribution in [0.15, 0.2) is 0 Å². The minimum Gasteiger partial charge on any atom is -0.475 e. The predicted octanol–water partition coefficient (Wildman–Crippen LogP) is 1.00. The molecule has 3 aliphatic rings. The fourth-order valence-electron chi connectivity index (χ4n) is 4.18. The molecular formula is C18H28F3N3O5. The van der Waals surface area contributed by atoms with E-state index < -0.39 is 12.1 Å². The maximum absolute atomic E-state index is 12.4. The maximum Gasteiger partial charge on any atom is 0.490 e. The van der Waals surface area contributed by atoms with Crippen LogP contribution < -0.4 is 5.32 Å². The minimum atomic E-state index is -5.08. The first kappa shape index (κ1) is 23.4. The number of aliphatic carboxylic acids is 1. The summed E-state index contributed by atoms with van der Waals surface area (Å²) in [6.07, 6.45) is 0.810. The number of nitrogens with one attached hydrogen (secondary N) is 1. The number of hydrogen-bond donors (Lipinski definition) is 2. The molecule has 0 bridgehead atoms. The van der Waals surface area contributed by atoms with Crippen molar-refractivity contribution in [2.75, 3.05) is 39.8 Å². The molecule has 29 heavy (non-hydrogen) atoms. The predicted molar refractivity (Wildman–Crippen MR) is 96.1 cm³/mol. The highest BCUT2D eigenvalue weighted by Crippen LogP contribution is 2.38. The van der Waals surface area contributed by atoms with Crippen molar-refractivity contribution in [3.63, 3.8) is 0 Å². The smallest absolute Gasteiger partial charge is 0.475 e. The van der Waals surface area contributed by atoms with Gasteiger partial charge in [0.05, 0.1) is 6.54 Å². The number of carboxylic acids is 1. The van der Waals surface area contributed by atoms with Crippen LogP contribution in [-0.2, 0) is 19.1 Å². The van der Waals surface area contributed by atoms with Gasteiger partial charge in [-0.15, -0.1) is 0 Å². The van der Waals surface area contributed by atoms with Crippen molar-refractivity contribution in [1.82, 2.24) is 15.1 Å². The Bertz CT molecular complexity index is 600. The average Bonchev–Trinajstić information content (AvgIpc) is 3.33. The van der Waals surface area contributed by atoms with Crippen LogP contribution in [0.3, 0.4) is 0 Å². The lowest BCUT2D eigenvalue weighted by atomic mass is 9.84. The van der Waals surface area contributed by atoms with Gasteiger partial charge in [0.1, 0.15) is 6.10 Å². The first-order valence-corrected chi connectivity index (χ1v) is 9.75. The number of amides is 2. The number of piperidine rings is 1. The van der Waals surface area contributed by atoms with Crippen LogP contribution in [0.25, 0.3) is 0 Å². The largest absolute Gasteiger partial charge is 0.490 e. The van der Waals surface area contributed by atoms with Gasteiger partial charge < -0.3 is 20.1 Å². The minimum absolute atomic E-state index is 0.0825. The molecule has 0 aromatic carbocycles. The standard InChI is InChI=1S/C16H27N3O3.C2HF3O2/c1-17-14(20)12-19-8-3-5-16(19)6-9-18(10-7-16)15(21)13-4-2-11-22-13;3-2(4,5)1(6)7/h13H,2-12H2,1H3,(H,17,20);(H,6,7). The Morgan fingerprint density at radius 3 is 2.24 bits per heavy atom. The summed E-state index contributed by atoms with van der Waals surface area (Å²) in [5, 5.41) is 9.84. The van der Waals surface area contributed by atoms with Crippen LogP contribution in [0.2, 0.25) is 0 Å². The van der Waals surface area contributed by atoms with Crippen molar-refractivity contribution in [1.29, 1.82) is 0 Å². The van der Waals surface area contributed by atoms with Gasteiger partial charge in [-0.05, 0) is 45.1 Å². The van der Waals surface area contributed by atoms with Gasteiger partial charge in [0, 0.05) is 32.3 Å². The molecule has 3 heterocycles. The number of hydrogen-bond acceptors (Lipinski definition) is 5. The quantitative estimate of drug-likeness (QED) is 0.703. The van der Waals surface area contributed by atoms with E-state index in [4.69, 9.17) is 14.6 Å². The fourth-order valence-corrected chi connectivity index (χ4v) is 4.18. The Balaban J connectivity index is 0.000000370. The van der Waals surface area contributed by atoms with Crippen LogP contribution in [0.1, 0.15) is 38.5 Å². The molecule has 2 amide bonds. The Morgan fingerprint density at radius 2 is 1.76 bits per heavy atom. The SMILES string of the molecule is CNC(=O)CN1CCCC12CCN(C(=O)C1CCCO1)CC2.O=C(O)C(F)(F)F. The highest BCUT2D eigenvalue weighted by Gasteiger charge is 2.45. The number of likely N-dealkylation sites (N-methyl/N-ethyl adjacent to an activating group) is 1. The number of carbonyl (C=O) groups excluding carboxylic acids is 2. The van der Waals surface area contributed by atoms with Crippen molar-refractivity contribution in [2.24, 2.45) is 0 Å². The van der Waals surface area contributed by atoms with Crippen molar-refractivity contribution in [3.05, 3.63) is 0 Å². The molecule has 0 saturated carbocycles. The van der Waals surface area contributed by atoms with E-state index in [-0.39, 0.29) is 23.5 Å². The first-order chi connectivity index (χ1) is 13.6. The second-order valence-electron chi connectivity index (χ2n) is 7.55. The average molecular weight is 423 g/mol. The van der Waals surface area contributed by atoms with Crippen LogP contribution >= 0.6 is 0 Å². The summed E-state index contributed by atoms with van der Waals surface area (Å²) in [5.41, 5.74) is 0.125. The van der Waals surface area contributed by atoms with Gasteiger partial charge in [-0.3, -0.25) is 14.5 Å². The molecule has 166 valence electrons. The van der Waals surface area contributed by atoms with Gasteiger partial charge in [0.25, 0.3) is 5.91 Å². The van der Waals surface area contributed by atoms with Gasteiger partial charge in [-0.25, -0.2) is 4.79 Å². The van der Waals surface area contributed by atoms with E-state index in [0.717, 1.165) is 58.2 Å². The monoisotopic (exact) mass is 423 g/mol. The zero-order valence-corrected chi connectivity index (χ0v) is 16.5. The van der Waals surface area contributed by atoms with Gasteiger partial charge >= 0.3 is 12.1 Å². The summed E-state index contributed by atoms with van der Waals surface area (Å²) in [5.74, 6) is -2.50. The number of alkyl halides is 3. The lowest BCUT2D eigenvalue weighted by Gasteiger charge is -2.45. The number of ether oxygens (including phenoxy) is 1. The molecular weight excluding hydrogens is 395 g/mol. The molecule has 1 unspecified atom stereocenters. The summed E-state index contributed by atoms with van der Waals surface area (Å²) in [4.78, 5) is 37.3. The van der Waals surface area contributed by atoms with Crippen LogP contribution in [-0.4, -0.2) is 90.3 Å². The van der Waals surface area contributed by atoms with Crippen LogP contribution in [0, 0.1) is 0 Å². The maximum atomic E-state index is 12.4. The molecule has 3 saturated heterocycles. The van der Waals surface area contributed by atoms with Crippen molar-refractivity contribution < 1.29 is 37.4 Å². The van der Waals surface area contributed by atoms with Crippen LogP contribution in [0.4, 0.5) is 13.2 Å². The highest BCUT2D eigenvalue weighted by molar-refractivity contribution is 5.81. The number of likely N-dealkylation sites (tertiary alicyclic amines) is 2. The van der Waals surface area contributed by atoms with Crippen molar-refractivity contribution in [3.8, 4) is 0 Å². The lowest BCUT2D eigenvalue weighted by molar-refractivity contribution is -0.192. The third kappa shape index (κ3) is 6.05. The van der Waals surface area contributed by atoms with E-state index in [0.29, 0.717) is 13.2 Å². The van der Waals surface area contributed by atoms with Gasteiger partial charge in [-0.1, -0.05) is 0 Å². The molecule has 3 aliphatic heterocycles. The lowest BCUT2D eigenvalue weighted by Crippen LogP contribution is -2.56. The zero-order chi connectivity index (χ0) is 21.7. The molecule has 1 atom stereocenters. The topological polar surface area (TPSA) is 99.2 Å². The molecule has 2 N–H and O–H groups in total. The van der Waals surface area contributed by atoms with Gasteiger partial charge in [0.2, 0.25) is 5.91 Å². The van der Waals surface area contributed by atoms with E-state index in [1.807, 2.05) is 4.90 Å². The third-order valence-electron chi connectivity index (χ3n) is 5.81. The van der Waals surface area contributed by atoms with Gasteiger partial charge in [-0.2, -0.15) is 13.2 Å². The second-order valence-corrected chi connectivity index (χ2v) is 7.55. The van der Waals surface area contributed by atoms with Crippen molar-refractivity contribution in [2.45, 2.75) is 56.3 Å².